The van der Waals surface area contributed by atoms with Gasteiger partial charge in [0.1, 0.15) is 11.0 Å². The maximum atomic E-state index is 12.8. The third-order valence-corrected chi connectivity index (χ3v) is 6.40. The lowest BCUT2D eigenvalue weighted by Gasteiger charge is -2.27. The number of halogens is 1. The number of amides is 2. The number of aromatic nitrogens is 1. The van der Waals surface area contributed by atoms with Crippen molar-refractivity contribution >= 4 is 50.8 Å². The lowest BCUT2D eigenvalue weighted by atomic mass is 10.1. The molecule has 1 aromatic heterocycles. The second kappa shape index (κ2) is 8.32. The summed E-state index contributed by atoms with van der Waals surface area (Å²) in [5, 5.41) is 5.78. The zero-order chi connectivity index (χ0) is 19.6. The van der Waals surface area contributed by atoms with E-state index in [1.165, 1.54) is 11.3 Å². The molecule has 27 heavy (non-hydrogen) atoms. The Labute approximate surface area is 176 Å². The SMILES string of the molecule is CC(C)(C)NC(=O)C1CSCN1C(=O)Cc1csc(-c2cccc(Br)c2)n1. The number of nitrogens with zero attached hydrogens (tertiary/aromatic N) is 2. The standard InChI is InChI=1S/C19H22BrN3O2S2/c1-19(2,3)22-17(25)15-10-26-11-23(15)16(24)8-14-9-27-18(21-14)12-5-4-6-13(20)7-12/h4-7,9,15H,8,10-11H2,1-3H3,(H,22,25). The molecule has 1 saturated heterocycles. The Morgan fingerprint density at radius 2 is 2.15 bits per heavy atom. The van der Waals surface area contributed by atoms with Crippen molar-refractivity contribution in [1.29, 1.82) is 0 Å². The third-order valence-electron chi connectivity index (χ3n) is 3.96. The van der Waals surface area contributed by atoms with Gasteiger partial charge in [0.2, 0.25) is 11.8 Å². The lowest BCUT2D eigenvalue weighted by Crippen LogP contribution is -2.52. The highest BCUT2D eigenvalue weighted by Gasteiger charge is 2.35. The molecule has 1 aliphatic rings. The molecule has 1 unspecified atom stereocenters. The molecule has 0 radical (unpaired) electrons. The molecular weight excluding hydrogens is 446 g/mol. The Kier molecular flexibility index (Phi) is 6.28. The van der Waals surface area contributed by atoms with E-state index >= 15 is 0 Å². The first-order valence-corrected chi connectivity index (χ1v) is 11.5. The maximum Gasteiger partial charge on any atom is 0.244 e. The van der Waals surface area contributed by atoms with Crippen molar-refractivity contribution in [2.24, 2.45) is 0 Å². The van der Waals surface area contributed by atoms with Gasteiger partial charge < -0.3 is 10.2 Å². The van der Waals surface area contributed by atoms with Gasteiger partial charge in [0.05, 0.1) is 18.0 Å². The average Bonchev–Trinajstić information content (AvgIpc) is 3.22. The van der Waals surface area contributed by atoms with Crippen LogP contribution in [0.2, 0.25) is 0 Å². The summed E-state index contributed by atoms with van der Waals surface area (Å²) >= 11 is 6.60. The van der Waals surface area contributed by atoms with Gasteiger partial charge in [0, 0.05) is 26.7 Å². The Bertz CT molecular complexity index is 847. The van der Waals surface area contributed by atoms with Gasteiger partial charge in [-0.05, 0) is 32.9 Å². The highest BCUT2D eigenvalue weighted by molar-refractivity contribution is 9.10. The van der Waals surface area contributed by atoms with E-state index in [0.29, 0.717) is 11.6 Å². The molecule has 2 aromatic rings. The molecule has 1 fully saturated rings. The molecule has 0 bridgehead atoms. The van der Waals surface area contributed by atoms with Crippen LogP contribution in [0.5, 0.6) is 0 Å². The predicted octanol–water partition coefficient (Wildman–Crippen LogP) is 3.93. The molecule has 3 rings (SSSR count). The number of hydrogen-bond acceptors (Lipinski definition) is 5. The van der Waals surface area contributed by atoms with Crippen LogP contribution in [0.4, 0.5) is 0 Å². The summed E-state index contributed by atoms with van der Waals surface area (Å²) in [6.45, 7) is 5.83. The van der Waals surface area contributed by atoms with Crippen LogP contribution in [0, 0.1) is 0 Å². The number of carbonyl (C=O) groups is 2. The summed E-state index contributed by atoms with van der Waals surface area (Å²) in [5.74, 6) is 1.03. The maximum absolute atomic E-state index is 12.8. The molecule has 0 spiro atoms. The topological polar surface area (TPSA) is 62.3 Å². The molecule has 1 N–H and O–H groups in total. The Morgan fingerprint density at radius 3 is 2.85 bits per heavy atom. The normalized spacial score (nSPS) is 17.2. The fourth-order valence-corrected chi connectivity index (χ4v) is 5.15. The van der Waals surface area contributed by atoms with Crippen LogP contribution in [0.3, 0.4) is 0 Å². The van der Waals surface area contributed by atoms with Crippen LogP contribution in [-0.4, -0.2) is 44.9 Å². The fourth-order valence-electron chi connectivity index (χ4n) is 2.76. The lowest BCUT2D eigenvalue weighted by molar-refractivity contribution is -0.138. The molecule has 0 saturated carbocycles. The van der Waals surface area contributed by atoms with E-state index in [-0.39, 0.29) is 23.8 Å². The summed E-state index contributed by atoms with van der Waals surface area (Å²) in [6, 6.07) is 7.53. The number of thiazole rings is 1. The van der Waals surface area contributed by atoms with Crippen molar-refractivity contribution in [3.63, 3.8) is 0 Å². The van der Waals surface area contributed by atoms with Crippen LogP contribution < -0.4 is 5.32 Å². The molecule has 2 heterocycles. The van der Waals surface area contributed by atoms with Crippen LogP contribution in [0.25, 0.3) is 10.6 Å². The van der Waals surface area contributed by atoms with Gasteiger partial charge in [-0.2, -0.15) is 0 Å². The largest absolute Gasteiger partial charge is 0.350 e. The quantitative estimate of drug-likeness (QED) is 0.739. The van der Waals surface area contributed by atoms with E-state index in [1.54, 1.807) is 16.7 Å². The van der Waals surface area contributed by atoms with Gasteiger partial charge in [-0.1, -0.05) is 28.1 Å². The minimum absolute atomic E-state index is 0.0554. The summed E-state index contributed by atoms with van der Waals surface area (Å²) in [4.78, 5) is 31.6. The monoisotopic (exact) mass is 467 g/mol. The van der Waals surface area contributed by atoms with Gasteiger partial charge in [-0.3, -0.25) is 9.59 Å². The summed E-state index contributed by atoms with van der Waals surface area (Å²) in [5.41, 5.74) is 1.45. The van der Waals surface area contributed by atoms with Gasteiger partial charge in [-0.25, -0.2) is 4.98 Å². The molecule has 0 aliphatic carbocycles. The number of hydrogen-bond donors (Lipinski definition) is 1. The van der Waals surface area contributed by atoms with E-state index < -0.39 is 6.04 Å². The Balaban J connectivity index is 1.67. The molecule has 144 valence electrons. The van der Waals surface area contributed by atoms with Gasteiger partial charge in [-0.15, -0.1) is 23.1 Å². The van der Waals surface area contributed by atoms with E-state index in [9.17, 15) is 9.59 Å². The minimum atomic E-state index is -0.412. The first kappa shape index (κ1) is 20.4. The van der Waals surface area contributed by atoms with Crippen LogP contribution in [0.15, 0.2) is 34.1 Å². The molecular formula is C19H22BrN3O2S2. The van der Waals surface area contributed by atoms with Crippen molar-refractivity contribution < 1.29 is 9.59 Å². The molecule has 1 atom stereocenters. The van der Waals surface area contributed by atoms with Crippen molar-refractivity contribution in [2.75, 3.05) is 11.6 Å². The zero-order valence-electron chi connectivity index (χ0n) is 15.5. The summed E-state index contributed by atoms with van der Waals surface area (Å²) in [6.07, 6.45) is 0.213. The first-order valence-electron chi connectivity index (χ1n) is 8.62. The number of nitrogens with one attached hydrogen (secondary N) is 1. The number of rotatable bonds is 4. The fraction of sp³-hybridized carbons (Fsp3) is 0.421. The Morgan fingerprint density at radius 1 is 1.37 bits per heavy atom. The highest BCUT2D eigenvalue weighted by Crippen LogP contribution is 2.27. The molecule has 1 aliphatic heterocycles. The Hall–Kier alpha value is -1.38. The van der Waals surface area contributed by atoms with Crippen LogP contribution >= 0.6 is 39.0 Å². The molecule has 2 amide bonds. The van der Waals surface area contributed by atoms with E-state index in [2.05, 4.69) is 26.2 Å². The number of benzene rings is 1. The van der Waals surface area contributed by atoms with Crippen molar-refractivity contribution in [3.05, 3.63) is 39.8 Å². The van der Waals surface area contributed by atoms with Crippen molar-refractivity contribution in [3.8, 4) is 10.6 Å². The first-order chi connectivity index (χ1) is 12.7. The smallest absolute Gasteiger partial charge is 0.244 e. The van der Waals surface area contributed by atoms with Gasteiger partial charge in [0.25, 0.3) is 0 Å². The minimum Gasteiger partial charge on any atom is -0.350 e. The summed E-state index contributed by atoms with van der Waals surface area (Å²) < 4.78 is 0.995. The predicted molar refractivity (Wildman–Crippen MR) is 115 cm³/mol. The highest BCUT2D eigenvalue weighted by atomic mass is 79.9. The molecule has 5 nitrogen and oxygen atoms in total. The van der Waals surface area contributed by atoms with Gasteiger partial charge in [0.15, 0.2) is 0 Å². The molecule has 1 aromatic carbocycles. The average molecular weight is 468 g/mol. The second-order valence-corrected chi connectivity index (χ2v) is 10.2. The van der Waals surface area contributed by atoms with Crippen molar-refractivity contribution in [2.45, 2.75) is 38.8 Å². The molecule has 8 heteroatoms. The van der Waals surface area contributed by atoms with Crippen LogP contribution in [0.1, 0.15) is 26.5 Å². The third kappa shape index (κ3) is 5.33. The van der Waals surface area contributed by atoms with Crippen molar-refractivity contribution in [1.82, 2.24) is 15.2 Å². The van der Waals surface area contributed by atoms with Crippen LogP contribution in [-0.2, 0) is 16.0 Å². The number of carbonyl (C=O) groups excluding carboxylic acids is 2. The number of thioether (sulfide) groups is 1. The summed E-state index contributed by atoms with van der Waals surface area (Å²) in [7, 11) is 0. The second-order valence-electron chi connectivity index (χ2n) is 7.45. The van der Waals surface area contributed by atoms with E-state index in [0.717, 1.165) is 20.7 Å². The van der Waals surface area contributed by atoms with E-state index in [1.807, 2.05) is 50.4 Å². The van der Waals surface area contributed by atoms with Gasteiger partial charge >= 0.3 is 0 Å². The van der Waals surface area contributed by atoms with E-state index in [4.69, 9.17) is 0 Å². The zero-order valence-corrected chi connectivity index (χ0v) is 18.7.